The number of aliphatic carboxylic acids is 1. The van der Waals surface area contributed by atoms with Crippen molar-refractivity contribution in [1.82, 2.24) is 4.72 Å². The summed E-state index contributed by atoms with van der Waals surface area (Å²) in [5.41, 5.74) is -0.190. The lowest BCUT2D eigenvalue weighted by Gasteiger charge is -2.23. The van der Waals surface area contributed by atoms with E-state index in [1.54, 1.807) is 12.1 Å². The van der Waals surface area contributed by atoms with Gasteiger partial charge >= 0.3 is 5.97 Å². The average Bonchev–Trinajstić information content (AvgIpc) is 2.33. The Morgan fingerprint density at radius 2 is 2.00 bits per heavy atom. The molecule has 1 atom stereocenters. The summed E-state index contributed by atoms with van der Waals surface area (Å²) in [5, 5.41) is 9.21. The lowest BCUT2D eigenvalue weighted by molar-refractivity contribution is -0.142. The second kappa shape index (κ2) is 6.89. The van der Waals surface area contributed by atoms with E-state index in [1.165, 1.54) is 12.1 Å². The zero-order chi connectivity index (χ0) is 16.3. The van der Waals surface area contributed by atoms with Crippen molar-refractivity contribution < 1.29 is 18.3 Å². The molecule has 0 fully saturated rings. The van der Waals surface area contributed by atoms with Gasteiger partial charge in [0, 0.05) is 11.0 Å². The molecular weight excluding hydrogens is 358 g/mol. The molecule has 0 aliphatic carbocycles. The Bertz CT molecular complexity index is 608. The van der Waals surface area contributed by atoms with Crippen LogP contribution in [-0.4, -0.2) is 26.0 Å². The maximum atomic E-state index is 12.2. The van der Waals surface area contributed by atoms with Crippen LogP contribution in [0, 0.1) is 11.3 Å². The molecule has 5 nitrogen and oxygen atoms in total. The van der Waals surface area contributed by atoms with Gasteiger partial charge in [-0.25, -0.2) is 13.1 Å². The van der Waals surface area contributed by atoms with Gasteiger partial charge in [-0.1, -0.05) is 42.8 Å². The second-order valence-corrected chi connectivity index (χ2v) is 8.79. The van der Waals surface area contributed by atoms with Crippen molar-refractivity contribution >= 4 is 31.9 Å². The first-order chi connectivity index (χ1) is 9.51. The highest BCUT2D eigenvalue weighted by atomic mass is 79.9. The molecule has 2 N–H and O–H groups in total. The van der Waals surface area contributed by atoms with Gasteiger partial charge in [0.2, 0.25) is 10.0 Å². The summed E-state index contributed by atoms with van der Waals surface area (Å²) in [7, 11) is -3.71. The molecule has 0 spiro atoms. The molecule has 7 heteroatoms. The molecule has 0 saturated carbocycles. The summed E-state index contributed by atoms with van der Waals surface area (Å²) < 4.78 is 27.3. The van der Waals surface area contributed by atoms with Crippen LogP contribution in [0.1, 0.15) is 27.2 Å². The molecule has 0 aliphatic heterocycles. The minimum atomic E-state index is -3.71. The van der Waals surface area contributed by atoms with Crippen LogP contribution in [0.2, 0.25) is 0 Å². The predicted molar refractivity (Wildman–Crippen MR) is 84.5 cm³/mol. The van der Waals surface area contributed by atoms with E-state index in [1.807, 2.05) is 20.8 Å². The highest BCUT2D eigenvalue weighted by Crippen LogP contribution is 2.24. The first-order valence-electron chi connectivity index (χ1n) is 6.49. The van der Waals surface area contributed by atoms with Crippen molar-refractivity contribution in [2.24, 2.45) is 11.3 Å². The van der Waals surface area contributed by atoms with Crippen LogP contribution in [0.4, 0.5) is 0 Å². The summed E-state index contributed by atoms with van der Waals surface area (Å²) in [6.07, 6.45) is 0.392. The molecule has 118 valence electrons. The molecule has 1 aromatic carbocycles. The molecule has 0 bridgehead atoms. The summed E-state index contributed by atoms with van der Waals surface area (Å²) in [6.45, 7) is 5.64. The number of halogens is 1. The first-order valence-corrected chi connectivity index (χ1v) is 8.77. The fraction of sp³-hybridized carbons (Fsp3) is 0.500. The Balaban J connectivity index is 2.82. The molecule has 1 rings (SSSR count). The average molecular weight is 378 g/mol. The number of rotatable bonds is 6. The monoisotopic (exact) mass is 377 g/mol. The summed E-state index contributed by atoms with van der Waals surface area (Å²) in [6, 6.07) is 6.27. The van der Waals surface area contributed by atoms with Crippen molar-refractivity contribution in [3.8, 4) is 0 Å². The highest BCUT2D eigenvalue weighted by molar-refractivity contribution is 9.10. The molecule has 0 aliphatic rings. The van der Waals surface area contributed by atoms with Crippen LogP contribution in [0.3, 0.4) is 0 Å². The zero-order valence-electron chi connectivity index (χ0n) is 12.3. The van der Waals surface area contributed by atoms with E-state index < -0.39 is 21.9 Å². The fourth-order valence-electron chi connectivity index (χ4n) is 1.91. The molecule has 0 heterocycles. The Morgan fingerprint density at radius 1 is 1.38 bits per heavy atom. The Kier molecular flexibility index (Phi) is 5.95. The van der Waals surface area contributed by atoms with Crippen LogP contribution >= 0.6 is 15.9 Å². The van der Waals surface area contributed by atoms with E-state index >= 15 is 0 Å². The predicted octanol–water partition coefficient (Wildman–Crippen LogP) is 2.86. The van der Waals surface area contributed by atoms with Gasteiger partial charge in [-0.2, -0.15) is 0 Å². The lowest BCUT2D eigenvalue weighted by atomic mass is 9.85. The normalized spacial score (nSPS) is 13.9. The number of carbonyl (C=O) groups is 1. The van der Waals surface area contributed by atoms with Gasteiger partial charge in [0.15, 0.2) is 0 Å². The van der Waals surface area contributed by atoms with Crippen LogP contribution < -0.4 is 4.72 Å². The Hall–Kier alpha value is -0.920. The van der Waals surface area contributed by atoms with Crippen molar-refractivity contribution in [3.05, 3.63) is 28.7 Å². The molecule has 1 aromatic rings. The van der Waals surface area contributed by atoms with Gasteiger partial charge in [0.25, 0.3) is 0 Å². The number of sulfonamides is 1. The minimum Gasteiger partial charge on any atom is -0.481 e. The number of hydrogen-bond donors (Lipinski definition) is 2. The quantitative estimate of drug-likeness (QED) is 0.798. The van der Waals surface area contributed by atoms with Crippen molar-refractivity contribution in [2.75, 3.05) is 6.54 Å². The lowest BCUT2D eigenvalue weighted by Crippen LogP contribution is -2.35. The van der Waals surface area contributed by atoms with Gasteiger partial charge in [-0.05, 0) is 30.0 Å². The second-order valence-electron chi connectivity index (χ2n) is 6.11. The standard InChI is InChI=1S/C14H20BrNO4S/c1-14(2,3)8-10(13(17)18)9-16-21(19,20)12-6-4-5-11(15)7-12/h4-7,10,16H,8-9H2,1-3H3,(H,17,18). The van der Waals surface area contributed by atoms with Gasteiger partial charge in [-0.15, -0.1) is 0 Å². The maximum Gasteiger partial charge on any atom is 0.307 e. The third kappa shape index (κ3) is 6.15. The van der Waals surface area contributed by atoms with Gasteiger partial charge in [-0.3, -0.25) is 4.79 Å². The topological polar surface area (TPSA) is 83.5 Å². The molecule has 0 aromatic heterocycles. The summed E-state index contributed by atoms with van der Waals surface area (Å²) in [5.74, 6) is -1.76. The molecule has 0 amide bonds. The number of carboxylic acids is 1. The third-order valence-electron chi connectivity index (χ3n) is 2.83. The highest BCUT2D eigenvalue weighted by Gasteiger charge is 2.26. The van der Waals surface area contributed by atoms with E-state index in [0.29, 0.717) is 10.9 Å². The molecule has 1 unspecified atom stereocenters. The largest absolute Gasteiger partial charge is 0.481 e. The fourth-order valence-corrected chi connectivity index (χ4v) is 3.59. The van der Waals surface area contributed by atoms with E-state index in [9.17, 15) is 18.3 Å². The number of carboxylic acid groups (broad SMARTS) is 1. The zero-order valence-corrected chi connectivity index (χ0v) is 14.7. The van der Waals surface area contributed by atoms with E-state index in [-0.39, 0.29) is 16.9 Å². The smallest absolute Gasteiger partial charge is 0.307 e. The van der Waals surface area contributed by atoms with E-state index in [4.69, 9.17) is 0 Å². The first kappa shape index (κ1) is 18.1. The summed E-state index contributed by atoms with van der Waals surface area (Å²) >= 11 is 3.21. The van der Waals surface area contributed by atoms with Crippen LogP contribution in [0.25, 0.3) is 0 Å². The summed E-state index contributed by atoms with van der Waals surface area (Å²) in [4.78, 5) is 11.4. The maximum absolute atomic E-state index is 12.2. The molecule has 0 saturated heterocycles. The third-order valence-corrected chi connectivity index (χ3v) is 4.75. The van der Waals surface area contributed by atoms with Crippen LogP contribution in [-0.2, 0) is 14.8 Å². The van der Waals surface area contributed by atoms with Gasteiger partial charge in [0.05, 0.1) is 10.8 Å². The SMILES string of the molecule is CC(C)(C)CC(CNS(=O)(=O)c1cccc(Br)c1)C(=O)O. The number of hydrogen-bond acceptors (Lipinski definition) is 3. The van der Waals surface area contributed by atoms with E-state index in [2.05, 4.69) is 20.7 Å². The van der Waals surface area contributed by atoms with Crippen molar-refractivity contribution in [1.29, 1.82) is 0 Å². The van der Waals surface area contributed by atoms with Crippen molar-refractivity contribution in [2.45, 2.75) is 32.1 Å². The Labute approximate surface area is 133 Å². The molecular formula is C14H20BrNO4S. The van der Waals surface area contributed by atoms with Crippen LogP contribution in [0.15, 0.2) is 33.6 Å². The minimum absolute atomic E-state index is 0.108. The molecule has 21 heavy (non-hydrogen) atoms. The Morgan fingerprint density at radius 3 is 2.48 bits per heavy atom. The number of nitrogens with one attached hydrogen (secondary N) is 1. The van der Waals surface area contributed by atoms with E-state index in [0.717, 1.165) is 0 Å². The van der Waals surface area contributed by atoms with Crippen LogP contribution in [0.5, 0.6) is 0 Å². The van der Waals surface area contributed by atoms with Crippen molar-refractivity contribution in [3.63, 3.8) is 0 Å². The molecule has 0 radical (unpaired) electrons. The van der Waals surface area contributed by atoms with Gasteiger partial charge < -0.3 is 5.11 Å². The van der Waals surface area contributed by atoms with Gasteiger partial charge in [0.1, 0.15) is 0 Å². The number of benzene rings is 1.